The maximum Gasteiger partial charge on any atom is 0.289 e. The van der Waals surface area contributed by atoms with Crippen LogP contribution in [0.15, 0.2) is 59.7 Å². The standard InChI is InChI=1S/C20H20N4O3/c1-3-27-16-10-8-14(9-11-16)17-12-18(23-22-17)20(25)24-21-13-15-6-4-5-7-19(15)26-2/h4-13H,3H2,1-2H3,(H,22,23)(H,24,25). The molecule has 0 bridgehead atoms. The van der Waals surface area contributed by atoms with Crippen molar-refractivity contribution in [3.8, 4) is 22.8 Å². The molecule has 1 heterocycles. The minimum atomic E-state index is -0.383. The summed E-state index contributed by atoms with van der Waals surface area (Å²) in [6.07, 6.45) is 1.53. The summed E-state index contributed by atoms with van der Waals surface area (Å²) in [6.45, 7) is 2.55. The summed E-state index contributed by atoms with van der Waals surface area (Å²) in [5.41, 5.74) is 5.10. The van der Waals surface area contributed by atoms with E-state index in [1.165, 1.54) is 6.21 Å². The Bertz CT molecular complexity index is 932. The van der Waals surface area contributed by atoms with Crippen molar-refractivity contribution in [1.29, 1.82) is 0 Å². The number of nitrogens with one attached hydrogen (secondary N) is 2. The average molecular weight is 364 g/mol. The quantitative estimate of drug-likeness (QED) is 0.497. The van der Waals surface area contributed by atoms with E-state index >= 15 is 0 Å². The maximum atomic E-state index is 12.2. The fourth-order valence-electron chi connectivity index (χ4n) is 2.47. The highest BCUT2D eigenvalue weighted by Crippen LogP contribution is 2.21. The molecule has 1 aromatic heterocycles. The third-order valence-electron chi connectivity index (χ3n) is 3.79. The van der Waals surface area contributed by atoms with Gasteiger partial charge in [0.05, 0.1) is 25.6 Å². The highest BCUT2D eigenvalue weighted by Gasteiger charge is 2.10. The molecular formula is C20H20N4O3. The lowest BCUT2D eigenvalue weighted by Crippen LogP contribution is -2.18. The van der Waals surface area contributed by atoms with Crippen molar-refractivity contribution in [2.75, 3.05) is 13.7 Å². The van der Waals surface area contributed by atoms with Crippen LogP contribution in [0.1, 0.15) is 23.0 Å². The molecule has 0 unspecified atom stereocenters. The number of benzene rings is 2. The number of aromatic nitrogens is 2. The molecule has 2 N–H and O–H groups in total. The van der Waals surface area contributed by atoms with E-state index in [2.05, 4.69) is 20.7 Å². The van der Waals surface area contributed by atoms with Gasteiger partial charge in [0.2, 0.25) is 0 Å². The number of para-hydroxylation sites is 1. The van der Waals surface area contributed by atoms with Gasteiger partial charge in [0.15, 0.2) is 0 Å². The summed E-state index contributed by atoms with van der Waals surface area (Å²) < 4.78 is 10.7. The van der Waals surface area contributed by atoms with Crippen molar-refractivity contribution in [2.45, 2.75) is 6.92 Å². The predicted octanol–water partition coefficient (Wildman–Crippen LogP) is 3.25. The first-order valence-electron chi connectivity index (χ1n) is 8.46. The van der Waals surface area contributed by atoms with Crippen LogP contribution in [-0.4, -0.2) is 36.0 Å². The van der Waals surface area contributed by atoms with E-state index < -0.39 is 0 Å². The monoisotopic (exact) mass is 364 g/mol. The first-order chi connectivity index (χ1) is 13.2. The fraction of sp³-hybridized carbons (Fsp3) is 0.150. The number of ether oxygens (including phenoxy) is 2. The number of amides is 1. The zero-order chi connectivity index (χ0) is 19.1. The molecule has 7 nitrogen and oxygen atoms in total. The third-order valence-corrected chi connectivity index (χ3v) is 3.79. The topological polar surface area (TPSA) is 88.6 Å². The van der Waals surface area contributed by atoms with Gasteiger partial charge in [-0.15, -0.1) is 0 Å². The van der Waals surface area contributed by atoms with Gasteiger partial charge in [-0.25, -0.2) is 5.43 Å². The second-order valence-corrected chi connectivity index (χ2v) is 5.57. The second-order valence-electron chi connectivity index (χ2n) is 5.57. The molecule has 7 heteroatoms. The van der Waals surface area contributed by atoms with Crippen LogP contribution in [0.2, 0.25) is 0 Å². The van der Waals surface area contributed by atoms with E-state index in [0.29, 0.717) is 23.7 Å². The Kier molecular flexibility index (Phi) is 5.84. The highest BCUT2D eigenvalue weighted by molar-refractivity contribution is 5.94. The lowest BCUT2D eigenvalue weighted by molar-refractivity contribution is 0.0950. The number of nitrogens with zero attached hydrogens (tertiary/aromatic N) is 2. The molecular weight excluding hydrogens is 344 g/mol. The second kappa shape index (κ2) is 8.66. The van der Waals surface area contributed by atoms with Crippen LogP contribution in [-0.2, 0) is 0 Å². The van der Waals surface area contributed by atoms with E-state index in [9.17, 15) is 4.79 Å². The van der Waals surface area contributed by atoms with Crippen molar-refractivity contribution in [1.82, 2.24) is 15.6 Å². The molecule has 27 heavy (non-hydrogen) atoms. The summed E-state index contributed by atoms with van der Waals surface area (Å²) >= 11 is 0. The van der Waals surface area contributed by atoms with Crippen LogP contribution < -0.4 is 14.9 Å². The van der Waals surface area contributed by atoms with E-state index in [4.69, 9.17) is 9.47 Å². The van der Waals surface area contributed by atoms with E-state index in [0.717, 1.165) is 16.9 Å². The van der Waals surface area contributed by atoms with Gasteiger partial charge in [0.25, 0.3) is 5.91 Å². The van der Waals surface area contributed by atoms with Crippen LogP contribution in [0, 0.1) is 0 Å². The number of carbonyl (C=O) groups is 1. The molecule has 0 aliphatic heterocycles. The lowest BCUT2D eigenvalue weighted by Gasteiger charge is -2.03. The minimum absolute atomic E-state index is 0.316. The molecule has 0 spiro atoms. The predicted molar refractivity (Wildman–Crippen MR) is 103 cm³/mol. The summed E-state index contributed by atoms with van der Waals surface area (Å²) in [5.74, 6) is 1.08. The Morgan fingerprint density at radius 3 is 2.74 bits per heavy atom. The van der Waals surface area contributed by atoms with Crippen molar-refractivity contribution >= 4 is 12.1 Å². The summed E-state index contributed by atoms with van der Waals surface area (Å²) in [4.78, 5) is 12.2. The molecule has 0 aliphatic carbocycles. The Morgan fingerprint density at radius 2 is 2.00 bits per heavy atom. The molecule has 0 saturated heterocycles. The van der Waals surface area contributed by atoms with Gasteiger partial charge < -0.3 is 9.47 Å². The Balaban J connectivity index is 1.65. The third kappa shape index (κ3) is 4.52. The molecule has 2 aromatic carbocycles. The number of hydrogen-bond acceptors (Lipinski definition) is 5. The van der Waals surface area contributed by atoms with Gasteiger partial charge in [0, 0.05) is 11.1 Å². The normalized spacial score (nSPS) is 10.7. The molecule has 3 aromatic rings. The van der Waals surface area contributed by atoms with Crippen LogP contribution in [0.4, 0.5) is 0 Å². The summed E-state index contributed by atoms with van der Waals surface area (Å²) in [6, 6.07) is 16.6. The SMILES string of the molecule is CCOc1ccc(-c2cc(C(=O)NN=Cc3ccccc3OC)[nH]n2)cc1. The van der Waals surface area contributed by atoms with Crippen molar-refractivity contribution in [2.24, 2.45) is 5.10 Å². The summed E-state index contributed by atoms with van der Waals surface area (Å²) in [5, 5.41) is 10.9. The number of hydrogen-bond donors (Lipinski definition) is 2. The van der Waals surface area contributed by atoms with E-state index in [1.54, 1.807) is 13.2 Å². The van der Waals surface area contributed by atoms with Gasteiger partial charge in [-0.1, -0.05) is 12.1 Å². The molecule has 0 aliphatic rings. The first-order valence-corrected chi connectivity index (χ1v) is 8.46. The van der Waals surface area contributed by atoms with Crippen molar-refractivity contribution in [3.63, 3.8) is 0 Å². The maximum absolute atomic E-state index is 12.2. The number of carbonyl (C=O) groups excluding carboxylic acids is 1. The Morgan fingerprint density at radius 1 is 1.22 bits per heavy atom. The zero-order valence-corrected chi connectivity index (χ0v) is 15.1. The zero-order valence-electron chi connectivity index (χ0n) is 15.1. The minimum Gasteiger partial charge on any atom is -0.496 e. The van der Waals surface area contributed by atoms with Crippen LogP contribution >= 0.6 is 0 Å². The van der Waals surface area contributed by atoms with Gasteiger partial charge in [-0.2, -0.15) is 10.2 Å². The molecule has 1 amide bonds. The van der Waals surface area contributed by atoms with Crippen LogP contribution in [0.25, 0.3) is 11.3 Å². The van der Waals surface area contributed by atoms with Gasteiger partial charge in [-0.3, -0.25) is 9.89 Å². The van der Waals surface area contributed by atoms with Crippen molar-refractivity contribution in [3.05, 3.63) is 65.9 Å². The first kappa shape index (κ1) is 18.2. The number of methoxy groups -OCH3 is 1. The highest BCUT2D eigenvalue weighted by atomic mass is 16.5. The molecule has 0 radical (unpaired) electrons. The molecule has 138 valence electrons. The van der Waals surface area contributed by atoms with E-state index in [1.807, 2.05) is 55.5 Å². The fourth-order valence-corrected chi connectivity index (χ4v) is 2.47. The molecule has 3 rings (SSSR count). The number of rotatable bonds is 7. The molecule has 0 fully saturated rings. The molecule has 0 saturated carbocycles. The van der Waals surface area contributed by atoms with Gasteiger partial charge in [0.1, 0.15) is 17.2 Å². The van der Waals surface area contributed by atoms with Gasteiger partial charge >= 0.3 is 0 Å². The van der Waals surface area contributed by atoms with Crippen molar-refractivity contribution < 1.29 is 14.3 Å². The number of H-pyrrole nitrogens is 1. The lowest BCUT2D eigenvalue weighted by atomic mass is 10.1. The van der Waals surface area contributed by atoms with Crippen LogP contribution in [0.5, 0.6) is 11.5 Å². The number of hydrazone groups is 1. The average Bonchev–Trinajstić information content (AvgIpc) is 3.19. The van der Waals surface area contributed by atoms with Gasteiger partial charge in [-0.05, 0) is 49.4 Å². The number of aromatic amines is 1. The Labute approximate surface area is 157 Å². The summed E-state index contributed by atoms with van der Waals surface area (Å²) in [7, 11) is 1.58. The van der Waals surface area contributed by atoms with Crippen LogP contribution in [0.3, 0.4) is 0 Å². The largest absolute Gasteiger partial charge is 0.496 e. The smallest absolute Gasteiger partial charge is 0.289 e. The Hall–Kier alpha value is -3.61. The molecule has 0 atom stereocenters. The van der Waals surface area contributed by atoms with E-state index in [-0.39, 0.29) is 5.91 Å².